The largest absolute Gasteiger partial charge is 0.494 e. The van der Waals surface area contributed by atoms with E-state index in [-0.39, 0.29) is 18.4 Å². The molecular formula is C23H26N2O4S. The predicted molar refractivity (Wildman–Crippen MR) is 118 cm³/mol. The summed E-state index contributed by atoms with van der Waals surface area (Å²) < 4.78 is 13.4. The Kier molecular flexibility index (Phi) is 7.41. The third-order valence-electron chi connectivity index (χ3n) is 4.50. The number of unbranched alkanes of at least 4 members (excludes halogenated alkanes) is 1. The quantitative estimate of drug-likeness (QED) is 0.393. The van der Waals surface area contributed by atoms with Crippen molar-refractivity contribution in [3.05, 3.63) is 58.4 Å². The molecule has 2 aromatic carbocycles. The summed E-state index contributed by atoms with van der Waals surface area (Å²) in [4.78, 5) is 29.6. The van der Waals surface area contributed by atoms with Crippen LogP contribution in [0.5, 0.6) is 5.75 Å². The molecule has 3 aromatic rings. The normalized spacial score (nSPS) is 11.6. The first-order chi connectivity index (χ1) is 14.5. The lowest BCUT2D eigenvalue weighted by molar-refractivity contribution is -0.143. The van der Waals surface area contributed by atoms with Crippen LogP contribution < -0.4 is 9.54 Å². The van der Waals surface area contributed by atoms with Gasteiger partial charge in [-0.3, -0.25) is 9.59 Å². The summed E-state index contributed by atoms with van der Waals surface area (Å²) in [5.74, 6) is 0.00552. The molecule has 0 aliphatic rings. The molecule has 0 saturated heterocycles. The smallest absolute Gasteiger partial charge is 0.326 e. The lowest BCUT2D eigenvalue weighted by atomic mass is 10.2. The Morgan fingerprint density at radius 2 is 1.87 bits per heavy atom. The van der Waals surface area contributed by atoms with E-state index < -0.39 is 0 Å². The lowest BCUT2D eigenvalue weighted by Gasteiger charge is -2.06. The van der Waals surface area contributed by atoms with Gasteiger partial charge in [-0.25, -0.2) is 0 Å². The van der Waals surface area contributed by atoms with Crippen molar-refractivity contribution in [1.29, 1.82) is 0 Å². The number of hydrogen-bond donors (Lipinski definition) is 0. The number of amides is 1. The van der Waals surface area contributed by atoms with Crippen molar-refractivity contribution < 1.29 is 19.1 Å². The first-order valence-electron chi connectivity index (χ1n) is 10.1. The number of aromatic nitrogens is 1. The number of carbonyl (C=O) groups is 2. The zero-order chi connectivity index (χ0) is 21.5. The van der Waals surface area contributed by atoms with Gasteiger partial charge in [-0.15, -0.1) is 0 Å². The van der Waals surface area contributed by atoms with E-state index >= 15 is 0 Å². The van der Waals surface area contributed by atoms with E-state index in [0.717, 1.165) is 34.4 Å². The van der Waals surface area contributed by atoms with Crippen molar-refractivity contribution in [3.63, 3.8) is 0 Å². The van der Waals surface area contributed by atoms with Crippen LogP contribution in [0.15, 0.2) is 47.5 Å². The Labute approximate surface area is 179 Å². The fourth-order valence-corrected chi connectivity index (χ4v) is 4.06. The first kappa shape index (κ1) is 21.8. The number of fused-ring (bicyclic) bond motifs is 1. The highest BCUT2D eigenvalue weighted by atomic mass is 32.1. The van der Waals surface area contributed by atoms with E-state index in [9.17, 15) is 9.59 Å². The summed E-state index contributed by atoms with van der Waals surface area (Å²) in [5, 5.41) is 0. The van der Waals surface area contributed by atoms with Crippen LogP contribution in [0.4, 0.5) is 0 Å². The molecule has 3 rings (SSSR count). The SMILES string of the molecule is CCCCOc1ccc(C(=O)N=c2sc3cc(C)ccc3n2CC(=O)OCC)cc1. The maximum atomic E-state index is 12.8. The fraction of sp³-hybridized carbons (Fsp3) is 0.348. The molecule has 0 aliphatic carbocycles. The molecule has 6 nitrogen and oxygen atoms in total. The van der Waals surface area contributed by atoms with Gasteiger partial charge in [0.05, 0.1) is 23.4 Å². The number of nitrogens with zero attached hydrogens (tertiary/aromatic N) is 2. The number of carbonyl (C=O) groups excluding carboxylic acids is 2. The van der Waals surface area contributed by atoms with Crippen molar-refractivity contribution in [1.82, 2.24) is 4.57 Å². The second kappa shape index (κ2) is 10.2. The van der Waals surface area contributed by atoms with Crippen LogP contribution in [0, 0.1) is 6.92 Å². The van der Waals surface area contributed by atoms with Gasteiger partial charge < -0.3 is 14.0 Å². The Bertz CT molecular complexity index is 1100. The standard InChI is InChI=1S/C23H26N2O4S/c1-4-6-13-29-18-10-8-17(9-11-18)22(27)24-23-25(15-21(26)28-5-2)19-12-7-16(3)14-20(19)30-23/h7-12,14H,4-6,13,15H2,1-3H3. The topological polar surface area (TPSA) is 69.9 Å². The summed E-state index contributed by atoms with van der Waals surface area (Å²) >= 11 is 1.38. The van der Waals surface area contributed by atoms with Gasteiger partial charge in [0, 0.05) is 5.56 Å². The van der Waals surface area contributed by atoms with Crippen LogP contribution in [-0.2, 0) is 16.1 Å². The van der Waals surface area contributed by atoms with Crippen molar-refractivity contribution >= 4 is 33.4 Å². The Balaban J connectivity index is 1.92. The summed E-state index contributed by atoms with van der Waals surface area (Å²) in [6.07, 6.45) is 2.05. The van der Waals surface area contributed by atoms with E-state index in [1.165, 1.54) is 11.3 Å². The van der Waals surface area contributed by atoms with Crippen molar-refractivity contribution in [2.24, 2.45) is 4.99 Å². The fourth-order valence-electron chi connectivity index (χ4n) is 2.93. The minimum absolute atomic E-state index is 0.00716. The Morgan fingerprint density at radius 3 is 2.57 bits per heavy atom. The average Bonchev–Trinajstić information content (AvgIpc) is 3.04. The number of aryl methyl sites for hydroxylation is 1. The van der Waals surface area contributed by atoms with Gasteiger partial charge in [-0.2, -0.15) is 4.99 Å². The highest BCUT2D eigenvalue weighted by Crippen LogP contribution is 2.19. The number of ether oxygens (including phenoxy) is 2. The van der Waals surface area contributed by atoms with Crippen LogP contribution in [0.3, 0.4) is 0 Å². The van der Waals surface area contributed by atoms with Crippen LogP contribution >= 0.6 is 11.3 Å². The molecule has 0 atom stereocenters. The molecule has 0 radical (unpaired) electrons. The monoisotopic (exact) mass is 426 g/mol. The van der Waals surface area contributed by atoms with Gasteiger partial charge in [-0.05, 0) is 62.2 Å². The van der Waals surface area contributed by atoms with Crippen molar-refractivity contribution in [3.8, 4) is 5.75 Å². The molecule has 1 heterocycles. The number of esters is 1. The van der Waals surface area contributed by atoms with Crippen LogP contribution in [0.1, 0.15) is 42.6 Å². The molecule has 0 bridgehead atoms. The first-order valence-corrected chi connectivity index (χ1v) is 10.9. The molecule has 0 spiro atoms. The third kappa shape index (κ3) is 5.36. The van der Waals surface area contributed by atoms with Gasteiger partial charge in [0.2, 0.25) is 0 Å². The van der Waals surface area contributed by atoms with Gasteiger partial charge in [0.25, 0.3) is 5.91 Å². The van der Waals surface area contributed by atoms with Gasteiger partial charge in [-0.1, -0.05) is 30.7 Å². The maximum absolute atomic E-state index is 12.8. The number of hydrogen-bond acceptors (Lipinski definition) is 5. The minimum atomic E-state index is -0.365. The van der Waals surface area contributed by atoms with Crippen LogP contribution in [0.25, 0.3) is 10.2 Å². The van der Waals surface area contributed by atoms with Crippen molar-refractivity contribution in [2.75, 3.05) is 13.2 Å². The average molecular weight is 427 g/mol. The molecule has 0 N–H and O–H groups in total. The highest BCUT2D eigenvalue weighted by molar-refractivity contribution is 7.16. The van der Waals surface area contributed by atoms with E-state index in [1.807, 2.05) is 25.1 Å². The molecule has 0 fully saturated rings. The summed E-state index contributed by atoms with van der Waals surface area (Å²) in [6.45, 7) is 6.84. The van der Waals surface area contributed by atoms with E-state index in [0.29, 0.717) is 23.6 Å². The summed E-state index contributed by atoms with van der Waals surface area (Å²) in [7, 11) is 0. The predicted octanol–water partition coefficient (Wildman–Crippen LogP) is 4.49. The van der Waals surface area contributed by atoms with Gasteiger partial charge >= 0.3 is 5.97 Å². The second-order valence-electron chi connectivity index (χ2n) is 6.89. The zero-order valence-corrected chi connectivity index (χ0v) is 18.3. The number of rotatable bonds is 8. The summed E-state index contributed by atoms with van der Waals surface area (Å²) in [5.41, 5.74) is 2.42. The molecule has 0 unspecified atom stereocenters. The van der Waals surface area contributed by atoms with Crippen LogP contribution in [-0.4, -0.2) is 29.7 Å². The Morgan fingerprint density at radius 1 is 1.10 bits per heavy atom. The second-order valence-corrected chi connectivity index (χ2v) is 7.90. The molecule has 30 heavy (non-hydrogen) atoms. The molecule has 1 amide bonds. The lowest BCUT2D eigenvalue weighted by Crippen LogP contribution is -2.23. The number of thiazole rings is 1. The van der Waals surface area contributed by atoms with E-state index in [1.54, 1.807) is 35.8 Å². The van der Waals surface area contributed by atoms with E-state index in [4.69, 9.17) is 9.47 Å². The van der Waals surface area contributed by atoms with Crippen LogP contribution in [0.2, 0.25) is 0 Å². The molecular weight excluding hydrogens is 400 g/mol. The maximum Gasteiger partial charge on any atom is 0.326 e. The highest BCUT2D eigenvalue weighted by Gasteiger charge is 2.13. The zero-order valence-electron chi connectivity index (χ0n) is 17.5. The van der Waals surface area contributed by atoms with Gasteiger partial charge in [0.1, 0.15) is 12.3 Å². The minimum Gasteiger partial charge on any atom is -0.494 e. The van der Waals surface area contributed by atoms with Crippen molar-refractivity contribution in [2.45, 2.75) is 40.2 Å². The van der Waals surface area contributed by atoms with E-state index in [2.05, 4.69) is 11.9 Å². The summed E-state index contributed by atoms with van der Waals surface area (Å²) in [6, 6.07) is 12.9. The molecule has 0 saturated carbocycles. The third-order valence-corrected chi connectivity index (χ3v) is 5.54. The molecule has 1 aromatic heterocycles. The molecule has 7 heteroatoms. The van der Waals surface area contributed by atoms with Gasteiger partial charge in [0.15, 0.2) is 4.80 Å². The molecule has 0 aliphatic heterocycles. The Hall–Kier alpha value is -2.93. The molecule has 158 valence electrons. The number of benzene rings is 2.